The van der Waals surface area contributed by atoms with Gasteiger partial charge in [0.1, 0.15) is 0 Å². The fourth-order valence-electron chi connectivity index (χ4n) is 2.91. The van der Waals surface area contributed by atoms with Gasteiger partial charge in [0.25, 0.3) is 5.92 Å². The average molecular weight is 233 g/mol. The Hall–Kier alpha value is -0.910. The fourth-order valence-corrected chi connectivity index (χ4v) is 2.91. The van der Waals surface area contributed by atoms with Crippen LogP contribution >= 0.6 is 0 Å². The van der Waals surface area contributed by atoms with Gasteiger partial charge in [-0.3, -0.25) is 4.90 Å². The maximum atomic E-state index is 13.6. The third-order valence-electron chi connectivity index (χ3n) is 3.66. The van der Waals surface area contributed by atoms with E-state index in [1.165, 1.54) is 0 Å². The molecule has 2 rings (SSSR count). The summed E-state index contributed by atoms with van der Waals surface area (Å²) in [4.78, 5) is 1.85. The number of halogens is 2. The molecule has 0 aromatic carbocycles. The number of fused-ring (bicyclic) bond motifs is 1. The van der Waals surface area contributed by atoms with Crippen molar-refractivity contribution in [3.8, 4) is 0 Å². The topological polar surface area (TPSA) is 61.8 Å². The quantitative estimate of drug-likeness (QED) is 0.325. The Balaban J connectivity index is 2.00. The van der Waals surface area contributed by atoms with Gasteiger partial charge in [0.15, 0.2) is 5.84 Å². The molecule has 1 aliphatic carbocycles. The number of oxime groups is 1. The van der Waals surface area contributed by atoms with Crippen LogP contribution in [0.15, 0.2) is 5.16 Å². The molecule has 92 valence electrons. The molecule has 1 heterocycles. The van der Waals surface area contributed by atoms with Gasteiger partial charge in [-0.25, -0.2) is 8.78 Å². The van der Waals surface area contributed by atoms with E-state index in [0.717, 1.165) is 6.42 Å². The number of amidine groups is 1. The van der Waals surface area contributed by atoms with E-state index < -0.39 is 11.8 Å². The first-order valence-corrected chi connectivity index (χ1v) is 5.59. The third-order valence-corrected chi connectivity index (χ3v) is 3.66. The van der Waals surface area contributed by atoms with E-state index in [0.29, 0.717) is 19.5 Å². The summed E-state index contributed by atoms with van der Waals surface area (Å²) >= 11 is 0. The molecule has 0 aromatic heterocycles. The SMILES string of the molecule is NC(CN1C[C@H]2CCCC(F)(F)[C@H]2C1)=NO. The van der Waals surface area contributed by atoms with Crippen molar-refractivity contribution >= 4 is 5.84 Å². The van der Waals surface area contributed by atoms with E-state index in [2.05, 4.69) is 5.16 Å². The van der Waals surface area contributed by atoms with Crippen LogP contribution in [0.1, 0.15) is 19.3 Å². The van der Waals surface area contributed by atoms with E-state index in [9.17, 15) is 8.78 Å². The molecule has 0 spiro atoms. The summed E-state index contributed by atoms with van der Waals surface area (Å²) in [5.41, 5.74) is 5.38. The van der Waals surface area contributed by atoms with Crippen LogP contribution in [0, 0.1) is 11.8 Å². The molecule has 1 aliphatic heterocycles. The lowest BCUT2D eigenvalue weighted by molar-refractivity contribution is -0.0944. The second kappa shape index (κ2) is 4.16. The molecular formula is C10H17F2N3O. The Bertz CT molecular complexity index is 296. The maximum absolute atomic E-state index is 13.6. The van der Waals surface area contributed by atoms with Gasteiger partial charge in [-0.15, -0.1) is 0 Å². The standard InChI is InChI=1S/C10H17F2N3O/c11-10(12)3-1-2-7-4-15(5-8(7)10)6-9(13)14-16/h7-8,16H,1-6H2,(H2,13,14)/t7-,8+/m1/s1. The van der Waals surface area contributed by atoms with Crippen molar-refractivity contribution in [1.29, 1.82) is 0 Å². The molecule has 2 aliphatic rings. The van der Waals surface area contributed by atoms with Crippen LogP contribution in [-0.4, -0.2) is 41.5 Å². The zero-order valence-corrected chi connectivity index (χ0v) is 9.07. The predicted molar refractivity (Wildman–Crippen MR) is 55.6 cm³/mol. The molecule has 0 amide bonds. The van der Waals surface area contributed by atoms with E-state index in [4.69, 9.17) is 10.9 Å². The molecule has 6 heteroatoms. The number of rotatable bonds is 2. The molecule has 0 bridgehead atoms. The smallest absolute Gasteiger partial charge is 0.252 e. The van der Waals surface area contributed by atoms with Crippen LogP contribution in [0.5, 0.6) is 0 Å². The Kier molecular flexibility index (Phi) is 3.01. The summed E-state index contributed by atoms with van der Waals surface area (Å²) in [6.45, 7) is 1.27. The van der Waals surface area contributed by atoms with Crippen LogP contribution < -0.4 is 5.73 Å². The highest BCUT2D eigenvalue weighted by Gasteiger charge is 2.50. The molecule has 0 aromatic rings. The molecule has 0 radical (unpaired) electrons. The summed E-state index contributed by atoms with van der Waals surface area (Å²) in [6, 6.07) is 0. The number of likely N-dealkylation sites (tertiary alicyclic amines) is 1. The average Bonchev–Trinajstić information content (AvgIpc) is 2.61. The van der Waals surface area contributed by atoms with Crippen molar-refractivity contribution in [2.75, 3.05) is 19.6 Å². The van der Waals surface area contributed by atoms with Gasteiger partial charge >= 0.3 is 0 Å². The van der Waals surface area contributed by atoms with Crippen LogP contribution in [-0.2, 0) is 0 Å². The number of nitrogens with two attached hydrogens (primary N) is 1. The summed E-state index contributed by atoms with van der Waals surface area (Å²) < 4.78 is 27.2. The summed E-state index contributed by atoms with van der Waals surface area (Å²) in [5, 5.41) is 11.3. The lowest BCUT2D eigenvalue weighted by atomic mass is 9.79. The first-order valence-electron chi connectivity index (χ1n) is 5.59. The first kappa shape index (κ1) is 11.6. The van der Waals surface area contributed by atoms with Gasteiger partial charge in [0, 0.05) is 25.4 Å². The zero-order valence-electron chi connectivity index (χ0n) is 9.07. The van der Waals surface area contributed by atoms with Gasteiger partial charge in [-0.2, -0.15) is 0 Å². The lowest BCUT2D eigenvalue weighted by Gasteiger charge is -2.32. The van der Waals surface area contributed by atoms with Crippen LogP contribution in [0.3, 0.4) is 0 Å². The van der Waals surface area contributed by atoms with E-state index >= 15 is 0 Å². The number of nitrogens with zero attached hydrogens (tertiary/aromatic N) is 2. The Morgan fingerprint density at radius 2 is 2.25 bits per heavy atom. The first-order chi connectivity index (χ1) is 7.53. The van der Waals surface area contributed by atoms with Gasteiger partial charge in [0.05, 0.1) is 6.54 Å². The second-order valence-electron chi connectivity index (χ2n) is 4.81. The van der Waals surface area contributed by atoms with E-state index in [1.807, 2.05) is 4.90 Å². The lowest BCUT2D eigenvalue weighted by Crippen LogP contribution is -2.38. The van der Waals surface area contributed by atoms with E-state index in [-0.39, 0.29) is 24.7 Å². The van der Waals surface area contributed by atoms with Crippen LogP contribution in [0.4, 0.5) is 8.78 Å². The number of hydrogen-bond acceptors (Lipinski definition) is 3. The Labute approximate surface area is 93.1 Å². The molecule has 1 saturated carbocycles. The van der Waals surface area contributed by atoms with Crippen molar-refractivity contribution in [1.82, 2.24) is 4.90 Å². The number of hydrogen-bond donors (Lipinski definition) is 2. The largest absolute Gasteiger partial charge is 0.409 e. The minimum Gasteiger partial charge on any atom is -0.409 e. The van der Waals surface area contributed by atoms with Crippen molar-refractivity contribution in [2.45, 2.75) is 25.2 Å². The van der Waals surface area contributed by atoms with Crippen molar-refractivity contribution in [3.05, 3.63) is 0 Å². The summed E-state index contributed by atoms with van der Waals surface area (Å²) in [6.07, 6.45) is 1.48. The molecule has 2 atom stereocenters. The van der Waals surface area contributed by atoms with Crippen molar-refractivity contribution < 1.29 is 14.0 Å². The molecular weight excluding hydrogens is 216 g/mol. The van der Waals surface area contributed by atoms with Crippen LogP contribution in [0.25, 0.3) is 0 Å². The minimum atomic E-state index is -2.54. The zero-order chi connectivity index (χ0) is 11.8. The Morgan fingerprint density at radius 3 is 2.88 bits per heavy atom. The van der Waals surface area contributed by atoms with Crippen molar-refractivity contribution in [2.24, 2.45) is 22.7 Å². The summed E-state index contributed by atoms with van der Waals surface area (Å²) in [7, 11) is 0. The molecule has 3 N–H and O–H groups in total. The van der Waals surface area contributed by atoms with E-state index in [1.54, 1.807) is 0 Å². The van der Waals surface area contributed by atoms with Gasteiger partial charge in [-0.1, -0.05) is 5.16 Å². The highest BCUT2D eigenvalue weighted by Crippen LogP contribution is 2.45. The third kappa shape index (κ3) is 2.11. The monoisotopic (exact) mass is 233 g/mol. The Morgan fingerprint density at radius 1 is 1.50 bits per heavy atom. The van der Waals surface area contributed by atoms with Gasteiger partial charge in [-0.05, 0) is 18.8 Å². The van der Waals surface area contributed by atoms with Gasteiger partial charge < -0.3 is 10.9 Å². The fraction of sp³-hybridized carbons (Fsp3) is 0.900. The predicted octanol–water partition coefficient (Wildman–Crippen LogP) is 1.10. The molecule has 0 unspecified atom stereocenters. The molecule has 4 nitrogen and oxygen atoms in total. The molecule has 16 heavy (non-hydrogen) atoms. The van der Waals surface area contributed by atoms with Crippen LogP contribution in [0.2, 0.25) is 0 Å². The molecule has 1 saturated heterocycles. The highest BCUT2D eigenvalue weighted by atomic mass is 19.3. The highest BCUT2D eigenvalue weighted by molar-refractivity contribution is 5.81. The maximum Gasteiger partial charge on any atom is 0.252 e. The minimum absolute atomic E-state index is 0.00553. The second-order valence-corrected chi connectivity index (χ2v) is 4.81. The van der Waals surface area contributed by atoms with Crippen molar-refractivity contribution in [3.63, 3.8) is 0 Å². The number of alkyl halides is 2. The normalized spacial score (nSPS) is 35.0. The van der Waals surface area contributed by atoms with Gasteiger partial charge in [0.2, 0.25) is 0 Å². The summed E-state index contributed by atoms with van der Waals surface area (Å²) in [5.74, 6) is -2.94. The molecule has 2 fully saturated rings.